The lowest BCUT2D eigenvalue weighted by atomic mass is 10.1. The van der Waals surface area contributed by atoms with Gasteiger partial charge in [0.1, 0.15) is 5.01 Å². The monoisotopic (exact) mass is 421 g/mol. The van der Waals surface area contributed by atoms with Crippen molar-refractivity contribution in [2.45, 2.75) is 31.8 Å². The summed E-state index contributed by atoms with van der Waals surface area (Å²) in [6.45, 7) is 5.39. The zero-order chi connectivity index (χ0) is 20.6. The molecule has 0 bridgehead atoms. The van der Waals surface area contributed by atoms with Gasteiger partial charge < -0.3 is 5.11 Å². The highest BCUT2D eigenvalue weighted by atomic mass is 32.1. The van der Waals surface area contributed by atoms with Gasteiger partial charge in [0.05, 0.1) is 12.2 Å². The number of benzene rings is 2. The molecule has 5 heteroatoms. The molecule has 0 saturated carbocycles. The van der Waals surface area contributed by atoms with Gasteiger partial charge in [0.2, 0.25) is 0 Å². The summed E-state index contributed by atoms with van der Waals surface area (Å²) in [5.41, 5.74) is 3.66. The lowest BCUT2D eigenvalue weighted by molar-refractivity contribution is 0.0546. The fourth-order valence-electron chi connectivity index (χ4n) is 4.27. The first-order chi connectivity index (χ1) is 14.8. The van der Waals surface area contributed by atoms with Gasteiger partial charge in [-0.05, 0) is 31.4 Å². The van der Waals surface area contributed by atoms with Gasteiger partial charge in [-0.1, -0.05) is 60.7 Å². The molecule has 1 N–H and O–H groups in total. The molecule has 0 radical (unpaired) electrons. The van der Waals surface area contributed by atoms with Gasteiger partial charge in [0.15, 0.2) is 0 Å². The van der Waals surface area contributed by atoms with Gasteiger partial charge in [-0.15, -0.1) is 11.3 Å². The van der Waals surface area contributed by atoms with Gasteiger partial charge in [0.25, 0.3) is 0 Å². The van der Waals surface area contributed by atoms with Gasteiger partial charge >= 0.3 is 0 Å². The van der Waals surface area contributed by atoms with Crippen molar-refractivity contribution in [3.05, 3.63) is 76.6 Å². The topological polar surface area (TPSA) is 39.6 Å². The Hall–Kier alpha value is -2.05. The van der Waals surface area contributed by atoms with E-state index in [0.29, 0.717) is 6.04 Å². The number of aliphatic hydroxyl groups excluding tert-OH is 1. The van der Waals surface area contributed by atoms with E-state index in [4.69, 9.17) is 4.98 Å². The maximum absolute atomic E-state index is 9.59. The average molecular weight is 422 g/mol. The van der Waals surface area contributed by atoms with Crippen molar-refractivity contribution in [1.29, 1.82) is 0 Å². The highest BCUT2D eigenvalue weighted by Crippen LogP contribution is 2.23. The Balaban J connectivity index is 1.30. The number of aromatic nitrogens is 1. The standard InChI is InChI=1S/C25H31N3OS/c29-17-13-23-18-27(15-16-28(23)14-7-10-21-8-3-1-4-9-21)19-25-26-24(20-30-25)22-11-5-2-6-12-22/h1-6,8-9,11-12,20,23,29H,7,10,13-19H2. The molecule has 30 heavy (non-hydrogen) atoms. The maximum Gasteiger partial charge on any atom is 0.107 e. The Morgan fingerprint density at radius 2 is 1.77 bits per heavy atom. The Morgan fingerprint density at radius 3 is 2.53 bits per heavy atom. The normalized spacial score (nSPS) is 18.0. The summed E-state index contributed by atoms with van der Waals surface area (Å²) in [6, 6.07) is 21.5. The molecule has 3 aromatic rings. The number of aryl methyl sites for hydroxylation is 1. The third-order valence-corrected chi connectivity index (χ3v) is 6.72. The molecular formula is C25H31N3OS. The van der Waals surface area contributed by atoms with Crippen LogP contribution in [0.4, 0.5) is 0 Å². The quantitative estimate of drug-likeness (QED) is 0.559. The highest BCUT2D eigenvalue weighted by Gasteiger charge is 2.26. The van der Waals surface area contributed by atoms with Crippen LogP contribution in [0.2, 0.25) is 0 Å². The van der Waals surface area contributed by atoms with Crippen LogP contribution in [0.1, 0.15) is 23.4 Å². The van der Waals surface area contributed by atoms with Crippen molar-refractivity contribution >= 4 is 11.3 Å². The predicted molar refractivity (Wildman–Crippen MR) is 125 cm³/mol. The Bertz CT molecular complexity index is 884. The molecule has 0 spiro atoms. The lowest BCUT2D eigenvalue weighted by Gasteiger charge is -2.41. The predicted octanol–water partition coefficient (Wildman–Crippen LogP) is 4.31. The average Bonchev–Trinajstić information content (AvgIpc) is 3.25. The van der Waals surface area contributed by atoms with Gasteiger partial charge in [-0.25, -0.2) is 4.98 Å². The van der Waals surface area contributed by atoms with Crippen LogP contribution in [-0.2, 0) is 13.0 Å². The molecular weight excluding hydrogens is 390 g/mol. The molecule has 4 rings (SSSR count). The smallest absolute Gasteiger partial charge is 0.107 e. The van der Waals surface area contributed by atoms with E-state index >= 15 is 0 Å². The van der Waals surface area contributed by atoms with Crippen LogP contribution in [0.25, 0.3) is 11.3 Å². The summed E-state index contributed by atoms with van der Waals surface area (Å²) in [5, 5.41) is 12.9. The summed E-state index contributed by atoms with van der Waals surface area (Å²) in [7, 11) is 0. The van der Waals surface area contributed by atoms with E-state index in [9.17, 15) is 5.11 Å². The van der Waals surface area contributed by atoms with Crippen LogP contribution in [0, 0.1) is 0 Å². The van der Waals surface area contributed by atoms with Gasteiger partial charge in [-0.3, -0.25) is 9.80 Å². The number of piperazine rings is 1. The molecule has 1 unspecified atom stereocenters. The third-order valence-electron chi connectivity index (χ3n) is 5.88. The lowest BCUT2D eigenvalue weighted by Crippen LogP contribution is -2.53. The first-order valence-electron chi connectivity index (χ1n) is 10.9. The number of nitrogens with zero attached hydrogens (tertiary/aromatic N) is 3. The number of aliphatic hydroxyl groups is 1. The van der Waals surface area contributed by atoms with Crippen LogP contribution in [0.5, 0.6) is 0 Å². The Morgan fingerprint density at radius 1 is 1.00 bits per heavy atom. The van der Waals surface area contributed by atoms with E-state index < -0.39 is 0 Å². The SMILES string of the molecule is OCCC1CN(Cc2nc(-c3ccccc3)cs2)CCN1CCCc1ccccc1. The number of rotatable bonds is 9. The molecule has 1 fully saturated rings. The van der Waals surface area contributed by atoms with Crippen LogP contribution in [0.3, 0.4) is 0 Å². The van der Waals surface area contributed by atoms with Crippen molar-refractivity contribution in [3.63, 3.8) is 0 Å². The molecule has 0 amide bonds. The first-order valence-corrected chi connectivity index (χ1v) is 11.8. The first kappa shape index (κ1) is 21.2. The molecule has 1 aromatic heterocycles. The van der Waals surface area contributed by atoms with Crippen molar-refractivity contribution < 1.29 is 5.11 Å². The summed E-state index contributed by atoms with van der Waals surface area (Å²) in [5.74, 6) is 0. The van der Waals surface area contributed by atoms with E-state index in [-0.39, 0.29) is 6.61 Å². The largest absolute Gasteiger partial charge is 0.396 e. The number of hydrogen-bond acceptors (Lipinski definition) is 5. The minimum atomic E-state index is 0.253. The van der Waals surface area contributed by atoms with Crippen molar-refractivity contribution in [3.8, 4) is 11.3 Å². The fourth-order valence-corrected chi connectivity index (χ4v) is 5.11. The molecule has 2 aromatic carbocycles. The van der Waals surface area contributed by atoms with Crippen LogP contribution >= 0.6 is 11.3 Å². The van der Waals surface area contributed by atoms with E-state index in [1.807, 2.05) is 6.07 Å². The Labute approximate surface area is 183 Å². The second-order valence-corrected chi connectivity index (χ2v) is 8.96. The van der Waals surface area contributed by atoms with E-state index in [1.54, 1.807) is 11.3 Å². The summed E-state index contributed by atoms with van der Waals surface area (Å²) < 4.78 is 0. The molecule has 1 atom stereocenters. The molecule has 0 aliphatic carbocycles. The van der Waals surface area contributed by atoms with Crippen LogP contribution in [-0.4, -0.2) is 58.7 Å². The van der Waals surface area contributed by atoms with E-state index in [2.05, 4.69) is 69.8 Å². The fraction of sp³-hybridized carbons (Fsp3) is 0.400. The zero-order valence-electron chi connectivity index (χ0n) is 17.5. The van der Waals surface area contributed by atoms with E-state index in [0.717, 1.165) is 51.3 Å². The molecule has 1 aliphatic rings. The van der Waals surface area contributed by atoms with Crippen LogP contribution in [0.15, 0.2) is 66.0 Å². The van der Waals surface area contributed by atoms with Gasteiger partial charge in [0, 0.05) is 43.2 Å². The van der Waals surface area contributed by atoms with Crippen LogP contribution < -0.4 is 0 Å². The van der Waals surface area contributed by atoms with Crippen molar-refractivity contribution in [2.24, 2.45) is 0 Å². The molecule has 158 valence electrons. The zero-order valence-corrected chi connectivity index (χ0v) is 18.3. The summed E-state index contributed by atoms with van der Waals surface area (Å²) in [4.78, 5) is 9.94. The minimum Gasteiger partial charge on any atom is -0.396 e. The Kier molecular flexibility index (Phi) is 7.65. The molecule has 1 aliphatic heterocycles. The molecule has 4 nitrogen and oxygen atoms in total. The second kappa shape index (κ2) is 10.8. The molecule has 2 heterocycles. The number of thiazole rings is 1. The minimum absolute atomic E-state index is 0.253. The van der Waals surface area contributed by atoms with Gasteiger partial charge in [-0.2, -0.15) is 0 Å². The summed E-state index contributed by atoms with van der Waals surface area (Å²) >= 11 is 1.75. The van der Waals surface area contributed by atoms with Crippen molar-refractivity contribution in [2.75, 3.05) is 32.8 Å². The number of hydrogen-bond donors (Lipinski definition) is 1. The molecule has 1 saturated heterocycles. The van der Waals surface area contributed by atoms with E-state index in [1.165, 1.54) is 22.6 Å². The summed E-state index contributed by atoms with van der Waals surface area (Å²) in [6.07, 6.45) is 3.13. The third kappa shape index (κ3) is 5.76. The highest BCUT2D eigenvalue weighted by molar-refractivity contribution is 7.09. The second-order valence-electron chi connectivity index (χ2n) is 8.02. The maximum atomic E-state index is 9.59. The van der Waals surface area contributed by atoms with Crippen molar-refractivity contribution in [1.82, 2.24) is 14.8 Å².